The highest BCUT2D eigenvalue weighted by Gasteiger charge is 2.08. The SMILES string of the molecule is O=C(Nc1ccc(F)cc1)Nc1nnc(SCCO)s1. The number of amides is 2. The van der Waals surface area contributed by atoms with Crippen LogP contribution < -0.4 is 10.6 Å². The fourth-order valence-corrected chi connectivity index (χ4v) is 2.80. The van der Waals surface area contributed by atoms with Gasteiger partial charge in [-0.3, -0.25) is 5.32 Å². The van der Waals surface area contributed by atoms with Crippen molar-refractivity contribution < 1.29 is 14.3 Å². The lowest BCUT2D eigenvalue weighted by molar-refractivity contribution is 0.262. The van der Waals surface area contributed by atoms with Gasteiger partial charge in [0.1, 0.15) is 5.82 Å². The lowest BCUT2D eigenvalue weighted by Gasteiger charge is -2.04. The van der Waals surface area contributed by atoms with E-state index in [-0.39, 0.29) is 12.4 Å². The molecule has 1 aromatic heterocycles. The molecule has 0 saturated heterocycles. The summed E-state index contributed by atoms with van der Waals surface area (Å²) in [7, 11) is 0. The Morgan fingerprint density at radius 1 is 1.30 bits per heavy atom. The molecule has 0 radical (unpaired) electrons. The lowest BCUT2D eigenvalue weighted by atomic mass is 10.3. The molecule has 9 heteroatoms. The summed E-state index contributed by atoms with van der Waals surface area (Å²) in [5, 5.41) is 21.8. The minimum absolute atomic E-state index is 0.0536. The van der Waals surface area contributed by atoms with E-state index in [0.29, 0.717) is 20.9 Å². The second kappa shape index (κ2) is 7.17. The molecule has 0 atom stereocenters. The molecule has 0 aliphatic rings. The third-order valence-corrected chi connectivity index (χ3v) is 4.00. The molecule has 0 spiro atoms. The van der Waals surface area contributed by atoms with Gasteiger partial charge in [0.25, 0.3) is 0 Å². The summed E-state index contributed by atoms with van der Waals surface area (Å²) in [6.07, 6.45) is 0. The normalized spacial score (nSPS) is 10.3. The van der Waals surface area contributed by atoms with Crippen LogP contribution in [0.4, 0.5) is 20.0 Å². The van der Waals surface area contributed by atoms with Crippen molar-refractivity contribution in [3.8, 4) is 0 Å². The van der Waals surface area contributed by atoms with Gasteiger partial charge in [0, 0.05) is 11.4 Å². The first kappa shape index (κ1) is 14.7. The summed E-state index contributed by atoms with van der Waals surface area (Å²) < 4.78 is 13.4. The fraction of sp³-hybridized carbons (Fsp3) is 0.182. The molecular weight excluding hydrogens is 303 g/mol. The minimum atomic E-state index is -0.480. The largest absolute Gasteiger partial charge is 0.396 e. The first-order valence-electron chi connectivity index (χ1n) is 5.58. The van der Waals surface area contributed by atoms with Crippen molar-refractivity contribution in [3.63, 3.8) is 0 Å². The molecule has 3 N–H and O–H groups in total. The number of thioether (sulfide) groups is 1. The lowest BCUT2D eigenvalue weighted by Crippen LogP contribution is -2.19. The Labute approximate surface area is 122 Å². The molecular formula is C11H11FN4O2S2. The van der Waals surface area contributed by atoms with E-state index in [1.807, 2.05) is 0 Å². The highest BCUT2D eigenvalue weighted by Crippen LogP contribution is 2.25. The van der Waals surface area contributed by atoms with Crippen molar-refractivity contribution in [3.05, 3.63) is 30.1 Å². The molecule has 0 fully saturated rings. The number of hydrogen-bond acceptors (Lipinski definition) is 6. The standard InChI is InChI=1S/C11H11FN4O2S2/c12-7-1-3-8(4-2-7)13-9(18)14-10-15-16-11(20-10)19-6-5-17/h1-4,17H,5-6H2,(H2,13,14,15,18). The summed E-state index contributed by atoms with van der Waals surface area (Å²) in [5.74, 6) is 0.154. The third kappa shape index (κ3) is 4.44. The molecule has 20 heavy (non-hydrogen) atoms. The summed E-state index contributed by atoms with van der Waals surface area (Å²) in [6.45, 7) is 0.0536. The van der Waals surface area contributed by atoms with Crippen molar-refractivity contribution >= 4 is 39.9 Å². The Balaban J connectivity index is 1.87. The average molecular weight is 314 g/mol. The van der Waals surface area contributed by atoms with Crippen molar-refractivity contribution in [1.82, 2.24) is 10.2 Å². The van der Waals surface area contributed by atoms with E-state index < -0.39 is 6.03 Å². The number of nitrogens with one attached hydrogen (secondary N) is 2. The Morgan fingerprint density at radius 2 is 2.05 bits per heavy atom. The van der Waals surface area contributed by atoms with E-state index in [9.17, 15) is 9.18 Å². The zero-order valence-electron chi connectivity index (χ0n) is 10.2. The van der Waals surface area contributed by atoms with Crippen LogP contribution in [-0.2, 0) is 0 Å². The zero-order chi connectivity index (χ0) is 14.4. The van der Waals surface area contributed by atoms with E-state index >= 15 is 0 Å². The predicted octanol–water partition coefficient (Wildman–Crippen LogP) is 2.41. The molecule has 6 nitrogen and oxygen atoms in total. The second-order valence-electron chi connectivity index (χ2n) is 3.53. The van der Waals surface area contributed by atoms with Crippen LogP contribution in [0.3, 0.4) is 0 Å². The van der Waals surface area contributed by atoms with Crippen LogP contribution in [0.2, 0.25) is 0 Å². The number of aliphatic hydroxyl groups excluding tert-OH is 1. The molecule has 2 rings (SSSR count). The van der Waals surface area contributed by atoms with Crippen LogP contribution in [0.1, 0.15) is 0 Å². The summed E-state index contributed by atoms with van der Waals surface area (Å²) in [4.78, 5) is 11.7. The zero-order valence-corrected chi connectivity index (χ0v) is 11.8. The Kier molecular flexibility index (Phi) is 5.27. The Bertz CT molecular complexity index is 576. The van der Waals surface area contributed by atoms with Crippen LogP contribution in [-0.4, -0.2) is 33.7 Å². The number of anilines is 2. The van der Waals surface area contributed by atoms with Crippen molar-refractivity contribution in [2.75, 3.05) is 23.0 Å². The number of aliphatic hydroxyl groups is 1. The van der Waals surface area contributed by atoms with Gasteiger partial charge < -0.3 is 10.4 Å². The molecule has 0 aliphatic heterocycles. The minimum Gasteiger partial charge on any atom is -0.396 e. The number of carbonyl (C=O) groups is 1. The smallest absolute Gasteiger partial charge is 0.325 e. The highest BCUT2D eigenvalue weighted by atomic mass is 32.2. The second-order valence-corrected chi connectivity index (χ2v) is 5.85. The highest BCUT2D eigenvalue weighted by molar-refractivity contribution is 8.01. The van der Waals surface area contributed by atoms with Gasteiger partial charge in [-0.15, -0.1) is 10.2 Å². The molecule has 0 aliphatic carbocycles. The van der Waals surface area contributed by atoms with Crippen molar-refractivity contribution in [2.45, 2.75) is 4.34 Å². The number of urea groups is 1. The van der Waals surface area contributed by atoms with E-state index in [1.165, 1.54) is 47.4 Å². The molecule has 2 amide bonds. The van der Waals surface area contributed by atoms with E-state index in [0.717, 1.165) is 0 Å². The maximum Gasteiger partial charge on any atom is 0.325 e. The van der Waals surface area contributed by atoms with Gasteiger partial charge in [0.15, 0.2) is 4.34 Å². The van der Waals surface area contributed by atoms with Gasteiger partial charge in [0.2, 0.25) is 5.13 Å². The van der Waals surface area contributed by atoms with Gasteiger partial charge in [-0.05, 0) is 24.3 Å². The van der Waals surface area contributed by atoms with Crippen molar-refractivity contribution in [2.24, 2.45) is 0 Å². The number of benzene rings is 1. The average Bonchev–Trinajstić information content (AvgIpc) is 2.86. The number of carbonyl (C=O) groups excluding carboxylic acids is 1. The first-order valence-corrected chi connectivity index (χ1v) is 7.38. The van der Waals surface area contributed by atoms with Crippen LogP contribution in [0.15, 0.2) is 28.6 Å². The monoisotopic (exact) mass is 314 g/mol. The van der Waals surface area contributed by atoms with Crippen LogP contribution in [0.25, 0.3) is 0 Å². The van der Waals surface area contributed by atoms with Crippen molar-refractivity contribution in [1.29, 1.82) is 0 Å². The van der Waals surface area contributed by atoms with E-state index in [4.69, 9.17) is 5.11 Å². The summed E-state index contributed by atoms with van der Waals surface area (Å²) >= 11 is 2.57. The molecule has 2 aromatic rings. The molecule has 1 aromatic carbocycles. The predicted molar refractivity (Wildman–Crippen MR) is 76.8 cm³/mol. The molecule has 0 unspecified atom stereocenters. The van der Waals surface area contributed by atoms with E-state index in [2.05, 4.69) is 20.8 Å². The quantitative estimate of drug-likeness (QED) is 0.583. The maximum absolute atomic E-state index is 12.7. The summed E-state index contributed by atoms with van der Waals surface area (Å²) in [6, 6.07) is 4.94. The molecule has 1 heterocycles. The number of rotatable bonds is 5. The fourth-order valence-electron chi connectivity index (χ4n) is 1.24. The number of hydrogen-bond donors (Lipinski definition) is 3. The molecule has 0 saturated carbocycles. The van der Waals surface area contributed by atoms with Gasteiger partial charge in [0.05, 0.1) is 6.61 Å². The topological polar surface area (TPSA) is 87.1 Å². The first-order chi connectivity index (χ1) is 9.67. The maximum atomic E-state index is 12.7. The number of nitrogens with zero attached hydrogens (tertiary/aromatic N) is 2. The van der Waals surface area contributed by atoms with Crippen LogP contribution in [0.5, 0.6) is 0 Å². The number of aromatic nitrogens is 2. The van der Waals surface area contributed by atoms with Crippen LogP contribution >= 0.6 is 23.1 Å². The summed E-state index contributed by atoms with van der Waals surface area (Å²) in [5.41, 5.74) is 0.475. The van der Waals surface area contributed by atoms with Gasteiger partial charge in [-0.1, -0.05) is 23.1 Å². The van der Waals surface area contributed by atoms with Gasteiger partial charge >= 0.3 is 6.03 Å². The van der Waals surface area contributed by atoms with Gasteiger partial charge in [-0.25, -0.2) is 9.18 Å². The molecule has 106 valence electrons. The van der Waals surface area contributed by atoms with Crippen LogP contribution in [0, 0.1) is 5.82 Å². The Hall–Kier alpha value is -1.71. The van der Waals surface area contributed by atoms with Gasteiger partial charge in [-0.2, -0.15) is 0 Å². The molecule has 0 bridgehead atoms. The van der Waals surface area contributed by atoms with E-state index in [1.54, 1.807) is 0 Å². The number of halogens is 1. The third-order valence-electron chi connectivity index (χ3n) is 2.05. The Morgan fingerprint density at radius 3 is 2.75 bits per heavy atom.